The van der Waals surface area contributed by atoms with Gasteiger partial charge in [-0.25, -0.2) is 18.7 Å². The maximum Gasteiger partial charge on any atom is 0.163 e. The summed E-state index contributed by atoms with van der Waals surface area (Å²) < 4.78 is 29.4. The summed E-state index contributed by atoms with van der Waals surface area (Å²) in [7, 11) is 1.71. The molecular weight excluding hydrogens is 334 g/mol. The Hall–Kier alpha value is -3.41. The van der Waals surface area contributed by atoms with Gasteiger partial charge in [-0.05, 0) is 24.3 Å². The van der Waals surface area contributed by atoms with Crippen LogP contribution in [0.15, 0.2) is 60.9 Å². The van der Waals surface area contributed by atoms with Crippen LogP contribution < -0.4 is 5.32 Å². The molecule has 4 nitrogen and oxygen atoms in total. The zero-order valence-electron chi connectivity index (χ0n) is 13.9. The number of rotatable bonds is 3. The smallest absolute Gasteiger partial charge is 0.163 e. The second kappa shape index (κ2) is 6.48. The van der Waals surface area contributed by atoms with Gasteiger partial charge in [0, 0.05) is 41.5 Å². The molecule has 0 atom stereocenters. The number of hydrogen-bond acceptors (Lipinski definition) is 4. The molecule has 0 fully saturated rings. The molecule has 2 heterocycles. The van der Waals surface area contributed by atoms with Crippen molar-refractivity contribution in [3.8, 4) is 22.5 Å². The van der Waals surface area contributed by atoms with E-state index in [2.05, 4.69) is 20.3 Å². The largest absolute Gasteiger partial charge is 0.373 e. The molecule has 0 unspecified atom stereocenters. The van der Waals surface area contributed by atoms with E-state index in [1.54, 1.807) is 61.9 Å². The van der Waals surface area contributed by atoms with Crippen LogP contribution in [0.25, 0.3) is 33.4 Å². The summed E-state index contributed by atoms with van der Waals surface area (Å²) >= 11 is 0. The Morgan fingerprint density at radius 2 is 1.73 bits per heavy atom. The summed E-state index contributed by atoms with van der Waals surface area (Å²) in [6, 6.07) is 12.9. The highest BCUT2D eigenvalue weighted by molar-refractivity contribution is 5.94. The lowest BCUT2D eigenvalue weighted by Gasteiger charge is -2.11. The first-order valence-electron chi connectivity index (χ1n) is 8.02. The Bertz CT molecular complexity index is 1100. The van der Waals surface area contributed by atoms with Crippen molar-refractivity contribution in [1.29, 1.82) is 0 Å². The highest BCUT2D eigenvalue weighted by Crippen LogP contribution is 2.33. The van der Waals surface area contributed by atoms with Crippen LogP contribution in [0.5, 0.6) is 0 Å². The number of fused-ring (bicyclic) bond motifs is 1. The van der Waals surface area contributed by atoms with E-state index < -0.39 is 11.6 Å². The number of benzene rings is 2. The molecule has 0 aliphatic heterocycles. The van der Waals surface area contributed by atoms with Crippen LogP contribution in [-0.4, -0.2) is 22.0 Å². The standard InChI is InChI=1S/C20H14F2N4/c1-23-20-15-9-8-14(13-6-2-3-7-16(13)21)17(22)18(15)25-19(26-20)12-5-4-10-24-11-12/h2-11H,1H3,(H,23,25,26). The summed E-state index contributed by atoms with van der Waals surface area (Å²) in [5.74, 6) is -0.231. The van der Waals surface area contributed by atoms with Gasteiger partial charge in [-0.1, -0.05) is 24.3 Å². The molecule has 0 saturated heterocycles. The van der Waals surface area contributed by atoms with Gasteiger partial charge in [0.15, 0.2) is 11.6 Å². The van der Waals surface area contributed by atoms with E-state index in [1.165, 1.54) is 6.07 Å². The normalized spacial score (nSPS) is 10.9. The van der Waals surface area contributed by atoms with Gasteiger partial charge in [-0.2, -0.15) is 0 Å². The van der Waals surface area contributed by atoms with Gasteiger partial charge in [0.1, 0.15) is 17.2 Å². The minimum Gasteiger partial charge on any atom is -0.373 e. The molecule has 4 aromatic rings. The van der Waals surface area contributed by atoms with Crippen molar-refractivity contribution in [2.75, 3.05) is 12.4 Å². The Labute approximate surface area is 148 Å². The lowest BCUT2D eigenvalue weighted by atomic mass is 10.0. The molecule has 1 N–H and O–H groups in total. The lowest BCUT2D eigenvalue weighted by molar-refractivity contribution is 0.620. The molecule has 0 spiro atoms. The molecule has 0 aliphatic rings. The van der Waals surface area contributed by atoms with Crippen LogP contribution in [0.2, 0.25) is 0 Å². The molecule has 0 amide bonds. The molecular formula is C20H14F2N4. The van der Waals surface area contributed by atoms with Crippen LogP contribution in [0.4, 0.5) is 14.6 Å². The van der Waals surface area contributed by atoms with E-state index >= 15 is 4.39 Å². The fourth-order valence-corrected chi connectivity index (χ4v) is 2.86. The summed E-state index contributed by atoms with van der Waals surface area (Å²) in [6.45, 7) is 0. The molecule has 2 aromatic heterocycles. The van der Waals surface area contributed by atoms with Gasteiger partial charge < -0.3 is 5.32 Å². The van der Waals surface area contributed by atoms with Gasteiger partial charge in [0.05, 0.1) is 0 Å². The first-order chi connectivity index (χ1) is 12.7. The fraction of sp³-hybridized carbons (Fsp3) is 0.0500. The second-order valence-electron chi connectivity index (χ2n) is 5.69. The van der Waals surface area contributed by atoms with E-state index in [9.17, 15) is 4.39 Å². The number of hydrogen-bond donors (Lipinski definition) is 1. The quantitative estimate of drug-likeness (QED) is 0.584. The minimum absolute atomic E-state index is 0.129. The van der Waals surface area contributed by atoms with Gasteiger partial charge in [0.25, 0.3) is 0 Å². The summed E-state index contributed by atoms with van der Waals surface area (Å²) in [6.07, 6.45) is 3.25. The molecule has 0 aliphatic carbocycles. The maximum absolute atomic E-state index is 15.2. The summed E-state index contributed by atoms with van der Waals surface area (Å²) in [5, 5.41) is 3.49. The number of anilines is 1. The van der Waals surface area contributed by atoms with Crippen molar-refractivity contribution in [2.24, 2.45) is 0 Å². The molecule has 0 saturated carbocycles. The molecule has 6 heteroatoms. The van der Waals surface area contributed by atoms with Gasteiger partial charge in [0.2, 0.25) is 0 Å². The van der Waals surface area contributed by atoms with Gasteiger partial charge in [-0.15, -0.1) is 0 Å². The molecule has 0 bridgehead atoms. The highest BCUT2D eigenvalue weighted by atomic mass is 19.1. The Morgan fingerprint density at radius 3 is 2.46 bits per heavy atom. The average molecular weight is 348 g/mol. The third-order valence-corrected chi connectivity index (χ3v) is 4.13. The number of nitrogens with one attached hydrogen (secondary N) is 1. The predicted octanol–water partition coefficient (Wildman–Crippen LogP) is 4.68. The molecule has 0 radical (unpaired) electrons. The number of pyridine rings is 1. The predicted molar refractivity (Wildman–Crippen MR) is 97.7 cm³/mol. The van der Waals surface area contributed by atoms with Crippen LogP contribution in [0.3, 0.4) is 0 Å². The SMILES string of the molecule is CNc1nc(-c2cccnc2)nc2c(F)c(-c3ccccc3F)ccc12. The molecule has 26 heavy (non-hydrogen) atoms. The van der Waals surface area contributed by atoms with Crippen molar-refractivity contribution < 1.29 is 8.78 Å². The Balaban J connectivity index is 2.00. The van der Waals surface area contributed by atoms with Crippen molar-refractivity contribution in [1.82, 2.24) is 15.0 Å². The van der Waals surface area contributed by atoms with Gasteiger partial charge in [-0.3, -0.25) is 4.98 Å². The third kappa shape index (κ3) is 2.65. The minimum atomic E-state index is -0.586. The van der Waals surface area contributed by atoms with Gasteiger partial charge >= 0.3 is 0 Å². The van der Waals surface area contributed by atoms with Crippen molar-refractivity contribution in [3.63, 3.8) is 0 Å². The first kappa shape index (κ1) is 16.1. The van der Waals surface area contributed by atoms with E-state index in [-0.39, 0.29) is 16.6 Å². The average Bonchev–Trinajstić information content (AvgIpc) is 2.69. The Morgan fingerprint density at radius 1 is 0.885 bits per heavy atom. The van der Waals surface area contributed by atoms with Crippen LogP contribution in [0.1, 0.15) is 0 Å². The third-order valence-electron chi connectivity index (χ3n) is 4.13. The van der Waals surface area contributed by atoms with Crippen molar-refractivity contribution in [2.45, 2.75) is 0 Å². The van der Waals surface area contributed by atoms with E-state index in [0.29, 0.717) is 22.6 Å². The molecule has 2 aromatic carbocycles. The topological polar surface area (TPSA) is 50.7 Å². The molecule has 128 valence electrons. The maximum atomic E-state index is 15.2. The summed E-state index contributed by atoms with van der Waals surface area (Å²) in [5.41, 5.74) is 1.15. The van der Waals surface area contributed by atoms with E-state index in [0.717, 1.165) is 0 Å². The monoisotopic (exact) mass is 348 g/mol. The second-order valence-corrected chi connectivity index (χ2v) is 5.69. The van der Waals surface area contributed by atoms with Crippen molar-refractivity contribution >= 4 is 16.7 Å². The number of halogens is 2. The van der Waals surface area contributed by atoms with E-state index in [4.69, 9.17) is 0 Å². The summed E-state index contributed by atoms with van der Waals surface area (Å²) in [4.78, 5) is 12.9. The zero-order valence-corrected chi connectivity index (χ0v) is 13.9. The Kier molecular flexibility index (Phi) is 4.01. The zero-order chi connectivity index (χ0) is 18.1. The van der Waals surface area contributed by atoms with E-state index in [1.807, 2.05) is 0 Å². The van der Waals surface area contributed by atoms with Crippen LogP contribution >= 0.6 is 0 Å². The number of aromatic nitrogens is 3. The first-order valence-corrected chi connectivity index (χ1v) is 8.02. The lowest BCUT2D eigenvalue weighted by Crippen LogP contribution is -2.01. The van der Waals surface area contributed by atoms with Crippen LogP contribution in [-0.2, 0) is 0 Å². The van der Waals surface area contributed by atoms with Crippen molar-refractivity contribution in [3.05, 3.63) is 72.6 Å². The molecule has 4 rings (SSSR count). The highest BCUT2D eigenvalue weighted by Gasteiger charge is 2.17. The number of nitrogens with zero attached hydrogens (tertiary/aromatic N) is 3. The van der Waals surface area contributed by atoms with Crippen LogP contribution in [0, 0.1) is 11.6 Å². The fourth-order valence-electron chi connectivity index (χ4n) is 2.86.